The van der Waals surface area contributed by atoms with Crippen LogP contribution in [0.1, 0.15) is 11.1 Å². The van der Waals surface area contributed by atoms with E-state index in [0.29, 0.717) is 0 Å². The highest BCUT2D eigenvalue weighted by atomic mass is 32.2. The highest BCUT2D eigenvalue weighted by molar-refractivity contribution is 7.98. The summed E-state index contributed by atoms with van der Waals surface area (Å²) in [7, 11) is 0. The van der Waals surface area contributed by atoms with Crippen LogP contribution >= 0.6 is 11.8 Å². The Labute approximate surface area is 179 Å². The van der Waals surface area contributed by atoms with Gasteiger partial charge in [0.2, 0.25) is 0 Å². The fraction of sp³-hybridized carbons (Fsp3) is 0.0800. The SMILES string of the molecule is c1ccc(CSc2nc(-c3ccccc3)nc3c2ncn3Cc2ccccc2)cc1. The Morgan fingerprint density at radius 3 is 2.03 bits per heavy atom. The lowest BCUT2D eigenvalue weighted by Crippen LogP contribution is -2.01. The molecule has 30 heavy (non-hydrogen) atoms. The molecule has 0 atom stereocenters. The minimum Gasteiger partial charge on any atom is -0.311 e. The van der Waals surface area contributed by atoms with Crippen molar-refractivity contribution in [1.29, 1.82) is 0 Å². The van der Waals surface area contributed by atoms with Crippen molar-refractivity contribution >= 4 is 22.9 Å². The third-order valence-corrected chi connectivity index (χ3v) is 5.91. The number of benzene rings is 3. The second-order valence-electron chi connectivity index (χ2n) is 7.02. The summed E-state index contributed by atoms with van der Waals surface area (Å²) in [5.74, 6) is 1.57. The van der Waals surface area contributed by atoms with Crippen molar-refractivity contribution < 1.29 is 0 Å². The van der Waals surface area contributed by atoms with E-state index in [2.05, 4.69) is 58.1 Å². The average molecular weight is 409 g/mol. The van der Waals surface area contributed by atoms with Crippen molar-refractivity contribution in [3.63, 3.8) is 0 Å². The first kappa shape index (κ1) is 18.6. The van der Waals surface area contributed by atoms with Gasteiger partial charge in [0.05, 0.1) is 12.9 Å². The maximum Gasteiger partial charge on any atom is 0.165 e. The van der Waals surface area contributed by atoms with Crippen LogP contribution in [-0.4, -0.2) is 19.5 Å². The fourth-order valence-electron chi connectivity index (χ4n) is 3.36. The van der Waals surface area contributed by atoms with Gasteiger partial charge in [0, 0.05) is 11.3 Å². The molecule has 0 radical (unpaired) electrons. The molecular formula is C25H20N4S. The molecule has 0 fully saturated rings. The Kier molecular flexibility index (Phi) is 5.27. The fourth-order valence-corrected chi connectivity index (χ4v) is 4.28. The van der Waals surface area contributed by atoms with Gasteiger partial charge in [0.1, 0.15) is 10.5 Å². The number of nitrogens with zero attached hydrogens (tertiary/aromatic N) is 4. The van der Waals surface area contributed by atoms with E-state index in [-0.39, 0.29) is 0 Å². The number of aromatic nitrogens is 4. The predicted octanol–water partition coefficient (Wildman–Crippen LogP) is 5.83. The van der Waals surface area contributed by atoms with Gasteiger partial charge in [-0.25, -0.2) is 15.0 Å². The summed E-state index contributed by atoms with van der Waals surface area (Å²) in [4.78, 5) is 14.5. The molecule has 0 unspecified atom stereocenters. The van der Waals surface area contributed by atoms with Crippen LogP contribution in [0, 0.1) is 0 Å². The third kappa shape index (κ3) is 3.98. The van der Waals surface area contributed by atoms with Gasteiger partial charge in [-0.15, -0.1) is 0 Å². The molecule has 3 aromatic carbocycles. The zero-order valence-corrected chi connectivity index (χ0v) is 17.2. The Bertz CT molecular complexity index is 1250. The molecule has 0 saturated carbocycles. The number of fused-ring (bicyclic) bond motifs is 1. The zero-order valence-electron chi connectivity index (χ0n) is 16.3. The first-order valence-electron chi connectivity index (χ1n) is 9.86. The van der Waals surface area contributed by atoms with Gasteiger partial charge in [0.15, 0.2) is 11.5 Å². The summed E-state index contributed by atoms with van der Waals surface area (Å²) in [6.07, 6.45) is 1.87. The molecule has 0 aliphatic rings. The monoisotopic (exact) mass is 408 g/mol. The topological polar surface area (TPSA) is 43.6 Å². The normalized spacial score (nSPS) is 11.1. The standard InChI is InChI=1S/C25H20N4S/c1-4-10-19(11-5-1)16-29-18-26-22-24(29)27-23(21-14-8-3-9-15-21)28-25(22)30-17-20-12-6-2-7-13-20/h1-15,18H,16-17H2. The lowest BCUT2D eigenvalue weighted by molar-refractivity contribution is 0.813. The lowest BCUT2D eigenvalue weighted by atomic mass is 10.2. The van der Waals surface area contributed by atoms with Gasteiger partial charge in [-0.3, -0.25) is 0 Å². The Morgan fingerprint density at radius 1 is 0.700 bits per heavy atom. The van der Waals surface area contributed by atoms with Gasteiger partial charge in [0.25, 0.3) is 0 Å². The van der Waals surface area contributed by atoms with Crippen molar-refractivity contribution in [2.24, 2.45) is 0 Å². The van der Waals surface area contributed by atoms with Crippen LogP contribution in [0.3, 0.4) is 0 Å². The van der Waals surface area contributed by atoms with Gasteiger partial charge < -0.3 is 4.57 Å². The smallest absolute Gasteiger partial charge is 0.165 e. The molecule has 0 N–H and O–H groups in total. The molecule has 5 rings (SSSR count). The van der Waals surface area contributed by atoms with Gasteiger partial charge in [-0.1, -0.05) is 103 Å². The molecule has 0 spiro atoms. The van der Waals surface area contributed by atoms with E-state index >= 15 is 0 Å². The van der Waals surface area contributed by atoms with Crippen LogP contribution in [0.2, 0.25) is 0 Å². The number of thioether (sulfide) groups is 1. The Balaban J connectivity index is 1.57. The summed E-state index contributed by atoms with van der Waals surface area (Å²) < 4.78 is 2.10. The van der Waals surface area contributed by atoms with Crippen molar-refractivity contribution in [3.8, 4) is 11.4 Å². The van der Waals surface area contributed by atoms with Crippen LogP contribution in [0.4, 0.5) is 0 Å². The van der Waals surface area contributed by atoms with Crippen molar-refractivity contribution in [2.75, 3.05) is 0 Å². The molecule has 0 aliphatic carbocycles. The lowest BCUT2D eigenvalue weighted by Gasteiger charge is -2.08. The Morgan fingerprint density at radius 2 is 1.33 bits per heavy atom. The molecule has 146 valence electrons. The Hall–Kier alpha value is -3.44. The summed E-state index contributed by atoms with van der Waals surface area (Å²) in [5, 5.41) is 0.912. The largest absolute Gasteiger partial charge is 0.311 e. The second-order valence-corrected chi connectivity index (χ2v) is 7.99. The van der Waals surface area contributed by atoms with E-state index in [1.807, 2.05) is 48.8 Å². The molecule has 0 saturated heterocycles. The number of hydrogen-bond acceptors (Lipinski definition) is 4. The summed E-state index contributed by atoms with van der Waals surface area (Å²) in [6, 6.07) is 31.0. The molecule has 0 amide bonds. The average Bonchev–Trinajstić information content (AvgIpc) is 3.22. The highest BCUT2D eigenvalue weighted by Crippen LogP contribution is 2.30. The maximum absolute atomic E-state index is 4.89. The summed E-state index contributed by atoms with van der Waals surface area (Å²) >= 11 is 1.70. The van der Waals surface area contributed by atoms with E-state index < -0.39 is 0 Å². The van der Waals surface area contributed by atoms with Crippen LogP contribution in [-0.2, 0) is 12.3 Å². The minimum absolute atomic E-state index is 0.728. The van der Waals surface area contributed by atoms with Crippen LogP contribution in [0.15, 0.2) is 102 Å². The van der Waals surface area contributed by atoms with E-state index in [1.165, 1.54) is 11.1 Å². The van der Waals surface area contributed by atoms with Gasteiger partial charge >= 0.3 is 0 Å². The molecule has 0 aliphatic heterocycles. The molecule has 4 nitrogen and oxygen atoms in total. The molecule has 5 heteroatoms. The van der Waals surface area contributed by atoms with Crippen LogP contribution < -0.4 is 0 Å². The molecular weight excluding hydrogens is 388 g/mol. The summed E-state index contributed by atoms with van der Waals surface area (Å²) in [6.45, 7) is 0.728. The van der Waals surface area contributed by atoms with Crippen molar-refractivity contribution in [3.05, 3.63) is 108 Å². The number of hydrogen-bond donors (Lipinski definition) is 0. The molecule has 2 aromatic heterocycles. The molecule has 2 heterocycles. The summed E-state index contributed by atoms with van der Waals surface area (Å²) in [5.41, 5.74) is 5.21. The second kappa shape index (κ2) is 8.51. The third-order valence-electron chi connectivity index (χ3n) is 4.88. The zero-order chi connectivity index (χ0) is 20.2. The molecule has 5 aromatic rings. The quantitative estimate of drug-likeness (QED) is 0.262. The van der Waals surface area contributed by atoms with Gasteiger partial charge in [-0.05, 0) is 11.1 Å². The first-order valence-corrected chi connectivity index (χ1v) is 10.8. The van der Waals surface area contributed by atoms with Crippen molar-refractivity contribution in [2.45, 2.75) is 17.3 Å². The van der Waals surface area contributed by atoms with E-state index in [0.717, 1.165) is 39.9 Å². The number of rotatable bonds is 6. The van der Waals surface area contributed by atoms with Gasteiger partial charge in [-0.2, -0.15) is 0 Å². The van der Waals surface area contributed by atoms with Crippen molar-refractivity contribution in [1.82, 2.24) is 19.5 Å². The first-order chi connectivity index (χ1) is 14.9. The van der Waals surface area contributed by atoms with Crippen LogP contribution in [0.25, 0.3) is 22.6 Å². The van der Waals surface area contributed by atoms with E-state index in [9.17, 15) is 0 Å². The highest BCUT2D eigenvalue weighted by Gasteiger charge is 2.15. The minimum atomic E-state index is 0.728. The van der Waals surface area contributed by atoms with E-state index in [1.54, 1.807) is 11.8 Å². The number of imidazole rings is 1. The molecule has 0 bridgehead atoms. The van der Waals surface area contributed by atoms with E-state index in [4.69, 9.17) is 9.97 Å². The predicted molar refractivity (Wildman–Crippen MR) is 122 cm³/mol. The maximum atomic E-state index is 4.89. The van der Waals surface area contributed by atoms with Crippen LogP contribution in [0.5, 0.6) is 0 Å².